The quantitative estimate of drug-likeness (QED) is 0.642. The second-order valence-electron chi connectivity index (χ2n) is 4.55. The smallest absolute Gasteiger partial charge is 0.344 e. The van der Waals surface area contributed by atoms with E-state index in [2.05, 4.69) is 5.32 Å². The fraction of sp³-hybridized carbons (Fsp3) is 0.533. The van der Waals surface area contributed by atoms with E-state index in [4.69, 9.17) is 14.6 Å². The minimum atomic E-state index is -0.921. The van der Waals surface area contributed by atoms with Gasteiger partial charge in [0.25, 0.3) is 0 Å². The minimum Gasteiger partial charge on any atom is -0.479 e. The molecule has 0 saturated heterocycles. The summed E-state index contributed by atoms with van der Waals surface area (Å²) in [7, 11) is 1.66. The van der Waals surface area contributed by atoms with Gasteiger partial charge in [-0.25, -0.2) is 4.79 Å². The van der Waals surface area contributed by atoms with Crippen LogP contribution in [0.5, 0.6) is 5.75 Å². The first kappa shape index (κ1) is 16.5. The second-order valence-corrected chi connectivity index (χ2v) is 4.55. The van der Waals surface area contributed by atoms with Gasteiger partial charge in [-0.15, -0.1) is 0 Å². The van der Waals surface area contributed by atoms with Crippen LogP contribution in [0.25, 0.3) is 0 Å². The van der Waals surface area contributed by atoms with E-state index >= 15 is 0 Å². The van der Waals surface area contributed by atoms with Crippen LogP contribution >= 0.6 is 0 Å². The van der Waals surface area contributed by atoms with Crippen LogP contribution in [0, 0.1) is 0 Å². The Morgan fingerprint density at radius 2 is 2.25 bits per heavy atom. The molecule has 5 nitrogen and oxygen atoms in total. The Labute approximate surface area is 119 Å². The number of rotatable bonds is 10. The summed E-state index contributed by atoms with van der Waals surface area (Å²) in [6.07, 6.45) is 0.498. The number of aliphatic carboxylic acids is 1. The van der Waals surface area contributed by atoms with E-state index in [1.54, 1.807) is 13.2 Å². The van der Waals surface area contributed by atoms with Crippen molar-refractivity contribution in [2.24, 2.45) is 0 Å². The van der Waals surface area contributed by atoms with E-state index < -0.39 is 12.1 Å². The first-order valence-corrected chi connectivity index (χ1v) is 6.85. The van der Waals surface area contributed by atoms with Gasteiger partial charge in [-0.05, 0) is 24.1 Å². The van der Waals surface area contributed by atoms with Gasteiger partial charge in [-0.2, -0.15) is 0 Å². The molecule has 0 heterocycles. The molecule has 0 fully saturated rings. The molecule has 0 aliphatic heterocycles. The van der Waals surface area contributed by atoms with Crippen molar-refractivity contribution in [3.63, 3.8) is 0 Å². The number of hydrogen-bond donors (Lipinski definition) is 2. The first-order valence-electron chi connectivity index (χ1n) is 6.85. The molecule has 0 bridgehead atoms. The molecule has 5 heteroatoms. The van der Waals surface area contributed by atoms with Crippen molar-refractivity contribution in [3.05, 3.63) is 29.8 Å². The molecule has 1 atom stereocenters. The zero-order chi connectivity index (χ0) is 14.8. The maximum Gasteiger partial charge on any atom is 0.344 e. The molecule has 1 rings (SSSR count). The standard InChI is InChI=1S/C15H23NO4/c1-3-5-14(15(17)18)20-13-7-4-6-12(10-13)11-16-8-9-19-2/h4,6-7,10,14,16H,3,5,8-9,11H2,1-2H3,(H,17,18). The van der Waals surface area contributed by atoms with Gasteiger partial charge in [0.2, 0.25) is 0 Å². The summed E-state index contributed by atoms with van der Waals surface area (Å²) in [6.45, 7) is 4.07. The largest absolute Gasteiger partial charge is 0.479 e. The summed E-state index contributed by atoms with van der Waals surface area (Å²) in [5.41, 5.74) is 1.05. The lowest BCUT2D eigenvalue weighted by atomic mass is 10.2. The third-order valence-electron chi connectivity index (χ3n) is 2.82. The fourth-order valence-electron chi connectivity index (χ4n) is 1.79. The Morgan fingerprint density at radius 3 is 2.90 bits per heavy atom. The first-order chi connectivity index (χ1) is 9.67. The molecular weight excluding hydrogens is 258 g/mol. The van der Waals surface area contributed by atoms with Crippen LogP contribution in [0.3, 0.4) is 0 Å². The minimum absolute atomic E-state index is 0.506. The fourth-order valence-corrected chi connectivity index (χ4v) is 1.79. The van der Waals surface area contributed by atoms with Crippen molar-refractivity contribution in [2.45, 2.75) is 32.4 Å². The van der Waals surface area contributed by atoms with E-state index in [1.165, 1.54) is 0 Å². The Bertz CT molecular complexity index is 409. The number of ether oxygens (including phenoxy) is 2. The Kier molecular flexibility index (Phi) is 7.69. The third-order valence-corrected chi connectivity index (χ3v) is 2.82. The predicted octanol–water partition coefficient (Wildman–Crippen LogP) is 2.05. The molecule has 0 aliphatic rings. The molecule has 1 aromatic rings. The summed E-state index contributed by atoms with van der Waals surface area (Å²) < 4.78 is 10.5. The Hall–Kier alpha value is -1.59. The van der Waals surface area contributed by atoms with Gasteiger partial charge in [0.15, 0.2) is 6.10 Å². The average molecular weight is 281 g/mol. The average Bonchev–Trinajstić information content (AvgIpc) is 2.43. The van der Waals surface area contributed by atoms with Crippen molar-refractivity contribution >= 4 is 5.97 Å². The number of carbonyl (C=O) groups is 1. The van der Waals surface area contributed by atoms with Gasteiger partial charge >= 0.3 is 5.97 Å². The lowest BCUT2D eigenvalue weighted by Gasteiger charge is -2.15. The molecule has 0 saturated carbocycles. The predicted molar refractivity (Wildman–Crippen MR) is 77.0 cm³/mol. The van der Waals surface area contributed by atoms with Crippen LogP contribution in [0.4, 0.5) is 0 Å². The maximum absolute atomic E-state index is 11.1. The van der Waals surface area contributed by atoms with Gasteiger partial charge in [0, 0.05) is 20.2 Å². The summed E-state index contributed by atoms with van der Waals surface area (Å²) in [6, 6.07) is 7.49. The van der Waals surface area contributed by atoms with E-state index in [1.807, 2.05) is 25.1 Å². The van der Waals surface area contributed by atoms with E-state index in [-0.39, 0.29) is 0 Å². The monoisotopic (exact) mass is 281 g/mol. The normalized spacial score (nSPS) is 12.1. The molecule has 0 spiro atoms. The molecule has 0 amide bonds. The third kappa shape index (κ3) is 6.04. The van der Waals surface area contributed by atoms with Crippen molar-refractivity contribution in [2.75, 3.05) is 20.3 Å². The summed E-state index contributed by atoms with van der Waals surface area (Å²) in [4.78, 5) is 11.1. The Morgan fingerprint density at radius 1 is 1.45 bits per heavy atom. The SMILES string of the molecule is CCCC(Oc1cccc(CNCCOC)c1)C(=O)O. The number of carboxylic acids is 1. The zero-order valence-electron chi connectivity index (χ0n) is 12.1. The molecule has 0 radical (unpaired) electrons. The Balaban J connectivity index is 2.55. The van der Waals surface area contributed by atoms with Crippen molar-refractivity contribution in [1.82, 2.24) is 5.32 Å². The van der Waals surface area contributed by atoms with Gasteiger partial charge in [0.05, 0.1) is 6.61 Å². The maximum atomic E-state index is 11.1. The van der Waals surface area contributed by atoms with E-state index in [0.29, 0.717) is 25.3 Å². The van der Waals surface area contributed by atoms with Crippen LogP contribution in [-0.2, 0) is 16.1 Å². The van der Waals surface area contributed by atoms with E-state index in [9.17, 15) is 4.79 Å². The molecule has 2 N–H and O–H groups in total. The highest BCUT2D eigenvalue weighted by Gasteiger charge is 2.18. The summed E-state index contributed by atoms with van der Waals surface area (Å²) >= 11 is 0. The molecule has 0 aliphatic carbocycles. The highest BCUT2D eigenvalue weighted by atomic mass is 16.5. The number of nitrogens with one attached hydrogen (secondary N) is 1. The van der Waals surface area contributed by atoms with Gasteiger partial charge in [-0.1, -0.05) is 25.5 Å². The second kappa shape index (κ2) is 9.34. The molecule has 1 unspecified atom stereocenters. The molecule has 20 heavy (non-hydrogen) atoms. The van der Waals surface area contributed by atoms with Crippen molar-refractivity contribution in [3.8, 4) is 5.75 Å². The summed E-state index contributed by atoms with van der Waals surface area (Å²) in [5, 5.41) is 12.3. The lowest BCUT2D eigenvalue weighted by molar-refractivity contribution is -0.145. The van der Waals surface area contributed by atoms with Crippen LogP contribution in [0.2, 0.25) is 0 Å². The number of hydrogen-bond acceptors (Lipinski definition) is 4. The summed E-state index contributed by atoms with van der Waals surface area (Å²) in [5.74, 6) is -0.327. The van der Waals surface area contributed by atoms with Gasteiger partial charge < -0.3 is 19.9 Å². The highest BCUT2D eigenvalue weighted by Crippen LogP contribution is 2.16. The number of methoxy groups -OCH3 is 1. The van der Waals surface area contributed by atoms with Crippen LogP contribution < -0.4 is 10.1 Å². The molecule has 1 aromatic carbocycles. The number of benzene rings is 1. The van der Waals surface area contributed by atoms with Gasteiger partial charge in [0.1, 0.15) is 5.75 Å². The molecule has 112 valence electrons. The van der Waals surface area contributed by atoms with Crippen molar-refractivity contribution in [1.29, 1.82) is 0 Å². The lowest BCUT2D eigenvalue weighted by Crippen LogP contribution is -2.26. The van der Waals surface area contributed by atoms with Gasteiger partial charge in [-0.3, -0.25) is 0 Å². The highest BCUT2D eigenvalue weighted by molar-refractivity contribution is 5.72. The van der Waals surface area contributed by atoms with E-state index in [0.717, 1.165) is 18.5 Å². The van der Waals surface area contributed by atoms with Crippen LogP contribution in [-0.4, -0.2) is 37.4 Å². The van der Waals surface area contributed by atoms with Crippen LogP contribution in [0.15, 0.2) is 24.3 Å². The topological polar surface area (TPSA) is 67.8 Å². The van der Waals surface area contributed by atoms with Crippen LogP contribution in [0.1, 0.15) is 25.3 Å². The number of carboxylic acid groups (broad SMARTS) is 1. The zero-order valence-corrected chi connectivity index (χ0v) is 12.1. The van der Waals surface area contributed by atoms with Crippen molar-refractivity contribution < 1.29 is 19.4 Å². The molecule has 0 aromatic heterocycles. The molecular formula is C15H23NO4.